The summed E-state index contributed by atoms with van der Waals surface area (Å²) in [6.45, 7) is 5.30. The number of guanidine groups is 1. The van der Waals surface area contributed by atoms with Crippen molar-refractivity contribution >= 4 is 11.9 Å². The molecule has 5 heteroatoms. The first-order chi connectivity index (χ1) is 7.06. The highest BCUT2D eigenvalue weighted by molar-refractivity contribution is 5.81. The van der Waals surface area contributed by atoms with E-state index in [1.54, 1.807) is 0 Å². The predicted molar refractivity (Wildman–Crippen MR) is 60.2 cm³/mol. The van der Waals surface area contributed by atoms with Crippen LogP contribution in [0.4, 0.5) is 0 Å². The molecule has 2 unspecified atom stereocenters. The summed E-state index contributed by atoms with van der Waals surface area (Å²) in [6, 6.07) is 0.343. The van der Waals surface area contributed by atoms with Crippen LogP contribution in [0.2, 0.25) is 0 Å². The number of hydrogen-bond acceptors (Lipinski definition) is 2. The molecule has 1 aliphatic heterocycles. The van der Waals surface area contributed by atoms with Gasteiger partial charge >= 0.3 is 0 Å². The molecule has 0 radical (unpaired) electrons. The Balaban J connectivity index is 2.69. The first kappa shape index (κ1) is 11.8. The Bertz CT molecular complexity index is 264. The van der Waals surface area contributed by atoms with E-state index in [2.05, 4.69) is 11.9 Å². The van der Waals surface area contributed by atoms with Crippen LogP contribution in [0.1, 0.15) is 26.7 Å². The van der Waals surface area contributed by atoms with Crippen LogP contribution in [-0.4, -0.2) is 35.9 Å². The highest BCUT2D eigenvalue weighted by Gasteiger charge is 2.29. The third kappa shape index (κ3) is 2.84. The molecule has 0 aliphatic carbocycles. The van der Waals surface area contributed by atoms with Crippen LogP contribution in [0.25, 0.3) is 0 Å². The first-order valence-electron chi connectivity index (χ1n) is 5.42. The van der Waals surface area contributed by atoms with Gasteiger partial charge in [0.25, 0.3) is 0 Å². The van der Waals surface area contributed by atoms with Gasteiger partial charge in [0.15, 0.2) is 5.96 Å². The van der Waals surface area contributed by atoms with Crippen molar-refractivity contribution in [3.05, 3.63) is 0 Å². The van der Waals surface area contributed by atoms with Crippen molar-refractivity contribution in [3.8, 4) is 0 Å². The van der Waals surface area contributed by atoms with E-state index in [4.69, 9.17) is 11.5 Å². The molecule has 5 nitrogen and oxygen atoms in total. The summed E-state index contributed by atoms with van der Waals surface area (Å²) in [6.07, 6.45) is 1.79. The van der Waals surface area contributed by atoms with Gasteiger partial charge in [-0.1, -0.05) is 0 Å². The molecule has 1 fully saturated rings. The normalized spacial score (nSPS) is 27.9. The minimum atomic E-state index is -0.240. The minimum absolute atomic E-state index is 0.0909. The molecule has 2 atom stereocenters. The molecule has 0 aromatic rings. The van der Waals surface area contributed by atoms with Crippen LogP contribution in [-0.2, 0) is 4.79 Å². The maximum absolute atomic E-state index is 11.1. The van der Waals surface area contributed by atoms with E-state index in [1.165, 1.54) is 0 Å². The molecule has 0 bridgehead atoms. The second-order valence-electron chi connectivity index (χ2n) is 4.01. The number of likely N-dealkylation sites (tertiary alicyclic amines) is 1. The fourth-order valence-corrected chi connectivity index (χ4v) is 1.91. The fraction of sp³-hybridized carbons (Fsp3) is 0.800. The molecule has 1 rings (SSSR count). The maximum atomic E-state index is 11.1. The molecule has 0 spiro atoms. The quantitative estimate of drug-likeness (QED) is 0.495. The van der Waals surface area contributed by atoms with Gasteiger partial charge in [-0.2, -0.15) is 0 Å². The highest BCUT2D eigenvalue weighted by Crippen LogP contribution is 2.21. The van der Waals surface area contributed by atoms with E-state index in [9.17, 15) is 4.79 Å². The zero-order chi connectivity index (χ0) is 11.4. The van der Waals surface area contributed by atoms with Crippen molar-refractivity contribution in [3.63, 3.8) is 0 Å². The number of piperidine rings is 1. The second-order valence-corrected chi connectivity index (χ2v) is 4.01. The van der Waals surface area contributed by atoms with Gasteiger partial charge in [0.1, 0.15) is 0 Å². The van der Waals surface area contributed by atoms with Crippen LogP contribution >= 0.6 is 0 Å². The standard InChI is InChI=1S/C10H20N4O/c1-3-13-10(12)14-6-8(9(11)15)5-4-7(14)2/h7-8H,3-6H2,1-2H3,(H2,11,15)(H2,12,13). The van der Waals surface area contributed by atoms with E-state index in [1.807, 2.05) is 11.8 Å². The lowest BCUT2D eigenvalue weighted by Gasteiger charge is -2.37. The molecule has 15 heavy (non-hydrogen) atoms. The number of aliphatic imine (C=N–C) groups is 1. The Labute approximate surface area is 90.5 Å². The molecule has 1 heterocycles. The van der Waals surface area contributed by atoms with Crippen molar-refractivity contribution in [2.24, 2.45) is 22.4 Å². The zero-order valence-electron chi connectivity index (χ0n) is 9.44. The summed E-state index contributed by atoms with van der Waals surface area (Å²) in [5.41, 5.74) is 11.1. The van der Waals surface area contributed by atoms with Crippen molar-refractivity contribution < 1.29 is 4.79 Å². The highest BCUT2D eigenvalue weighted by atomic mass is 16.1. The van der Waals surface area contributed by atoms with Crippen molar-refractivity contribution in [1.29, 1.82) is 0 Å². The molecular formula is C10H20N4O. The number of nitrogens with two attached hydrogens (primary N) is 2. The minimum Gasteiger partial charge on any atom is -0.370 e. The van der Waals surface area contributed by atoms with Gasteiger partial charge in [0.05, 0.1) is 5.92 Å². The van der Waals surface area contributed by atoms with Crippen LogP contribution in [0.5, 0.6) is 0 Å². The predicted octanol–water partition coefficient (Wildman–Crippen LogP) is -0.0932. The maximum Gasteiger partial charge on any atom is 0.222 e. The van der Waals surface area contributed by atoms with Gasteiger partial charge in [-0.3, -0.25) is 9.79 Å². The summed E-state index contributed by atoms with van der Waals surface area (Å²) in [5, 5.41) is 0. The second kappa shape index (κ2) is 5.00. The first-order valence-corrected chi connectivity index (χ1v) is 5.42. The van der Waals surface area contributed by atoms with Gasteiger partial charge < -0.3 is 16.4 Å². The summed E-state index contributed by atoms with van der Waals surface area (Å²) >= 11 is 0. The van der Waals surface area contributed by atoms with Crippen LogP contribution in [0.3, 0.4) is 0 Å². The third-order valence-electron chi connectivity index (χ3n) is 2.90. The van der Waals surface area contributed by atoms with E-state index in [0.29, 0.717) is 25.1 Å². The summed E-state index contributed by atoms with van der Waals surface area (Å²) in [5.74, 6) is 0.193. The average Bonchev–Trinajstić information content (AvgIpc) is 2.18. The van der Waals surface area contributed by atoms with Gasteiger partial charge in [-0.25, -0.2) is 0 Å². The van der Waals surface area contributed by atoms with Crippen molar-refractivity contribution in [2.45, 2.75) is 32.7 Å². The largest absolute Gasteiger partial charge is 0.370 e. The van der Waals surface area contributed by atoms with Crippen molar-refractivity contribution in [1.82, 2.24) is 4.90 Å². The molecule has 86 valence electrons. The Morgan fingerprint density at radius 2 is 2.13 bits per heavy atom. The molecule has 0 aromatic carbocycles. The molecule has 0 aromatic heterocycles. The molecule has 4 N–H and O–H groups in total. The van der Waals surface area contributed by atoms with Gasteiger partial charge in [-0.15, -0.1) is 0 Å². The van der Waals surface area contributed by atoms with Crippen LogP contribution in [0, 0.1) is 5.92 Å². The van der Waals surface area contributed by atoms with Crippen LogP contribution < -0.4 is 11.5 Å². The van der Waals surface area contributed by atoms with Crippen molar-refractivity contribution in [2.75, 3.05) is 13.1 Å². The van der Waals surface area contributed by atoms with Crippen LogP contribution in [0.15, 0.2) is 4.99 Å². The fourth-order valence-electron chi connectivity index (χ4n) is 1.91. The number of rotatable bonds is 2. The number of nitrogens with zero attached hydrogens (tertiary/aromatic N) is 2. The molecule has 1 saturated heterocycles. The van der Waals surface area contributed by atoms with Gasteiger partial charge in [0, 0.05) is 19.1 Å². The Morgan fingerprint density at radius 3 is 2.67 bits per heavy atom. The van der Waals surface area contributed by atoms with Gasteiger partial charge in [0.2, 0.25) is 5.91 Å². The van der Waals surface area contributed by atoms with E-state index in [0.717, 1.165) is 12.8 Å². The molecular weight excluding hydrogens is 192 g/mol. The third-order valence-corrected chi connectivity index (χ3v) is 2.90. The number of carbonyl (C=O) groups is 1. The number of carbonyl (C=O) groups excluding carboxylic acids is 1. The monoisotopic (exact) mass is 212 g/mol. The SMILES string of the molecule is CCN=C(N)N1CC(C(N)=O)CCC1C. The molecule has 0 saturated carbocycles. The summed E-state index contributed by atoms with van der Waals surface area (Å²) in [7, 11) is 0. The smallest absolute Gasteiger partial charge is 0.222 e. The lowest BCUT2D eigenvalue weighted by molar-refractivity contribution is -0.123. The van der Waals surface area contributed by atoms with Gasteiger partial charge in [-0.05, 0) is 26.7 Å². The number of amides is 1. The zero-order valence-corrected chi connectivity index (χ0v) is 9.44. The lowest BCUT2D eigenvalue weighted by atomic mass is 9.93. The van der Waals surface area contributed by atoms with E-state index in [-0.39, 0.29) is 11.8 Å². The average molecular weight is 212 g/mol. The van der Waals surface area contributed by atoms with E-state index < -0.39 is 0 Å². The molecule has 1 amide bonds. The molecule has 1 aliphatic rings. The Hall–Kier alpha value is -1.26. The summed E-state index contributed by atoms with van der Waals surface area (Å²) in [4.78, 5) is 17.2. The summed E-state index contributed by atoms with van der Waals surface area (Å²) < 4.78 is 0. The lowest BCUT2D eigenvalue weighted by Crippen LogP contribution is -2.51. The number of primary amides is 1. The Kier molecular flexibility index (Phi) is 3.94. The Morgan fingerprint density at radius 1 is 1.47 bits per heavy atom. The topological polar surface area (TPSA) is 84.7 Å². The number of hydrogen-bond donors (Lipinski definition) is 2. The van der Waals surface area contributed by atoms with E-state index >= 15 is 0 Å².